The molecule has 27 heavy (non-hydrogen) atoms. The smallest absolute Gasteiger partial charge is 0.264 e. The molecule has 1 fully saturated rings. The third-order valence-corrected chi connectivity index (χ3v) is 5.46. The lowest BCUT2D eigenvalue weighted by Crippen LogP contribution is -2.45. The molecule has 0 spiro atoms. The second-order valence-electron chi connectivity index (χ2n) is 6.69. The number of amides is 2. The van der Waals surface area contributed by atoms with Crippen molar-refractivity contribution in [2.45, 2.75) is 6.54 Å². The zero-order valence-corrected chi connectivity index (χ0v) is 16.5. The van der Waals surface area contributed by atoms with E-state index >= 15 is 0 Å². The maximum absolute atomic E-state index is 12.3. The fraction of sp³-hybridized carbons (Fsp3) is 0.421. The minimum atomic E-state index is -0.185. The van der Waals surface area contributed by atoms with Crippen LogP contribution in [0.4, 0.5) is 5.82 Å². The highest BCUT2D eigenvalue weighted by atomic mass is 32.1. The fourth-order valence-electron chi connectivity index (χ4n) is 3.00. The van der Waals surface area contributed by atoms with Crippen LogP contribution in [0.3, 0.4) is 0 Å². The Kier molecular flexibility index (Phi) is 6.41. The van der Waals surface area contributed by atoms with Gasteiger partial charge in [0, 0.05) is 51.5 Å². The normalized spacial score (nSPS) is 14.8. The summed E-state index contributed by atoms with van der Waals surface area (Å²) in [6, 6.07) is 7.46. The third-order valence-electron chi connectivity index (χ3n) is 4.61. The van der Waals surface area contributed by atoms with Crippen LogP contribution in [0, 0.1) is 0 Å². The summed E-state index contributed by atoms with van der Waals surface area (Å²) in [6.45, 7) is 4.27. The van der Waals surface area contributed by atoms with E-state index in [9.17, 15) is 9.59 Å². The highest BCUT2D eigenvalue weighted by Gasteiger charge is 2.19. The van der Waals surface area contributed by atoms with Crippen LogP contribution in [0.1, 0.15) is 15.2 Å². The van der Waals surface area contributed by atoms with Crippen LogP contribution in [0.2, 0.25) is 0 Å². The molecule has 8 heteroatoms. The Labute approximate surface area is 163 Å². The van der Waals surface area contributed by atoms with Gasteiger partial charge in [0.2, 0.25) is 5.91 Å². The van der Waals surface area contributed by atoms with E-state index in [2.05, 4.69) is 27.1 Å². The van der Waals surface area contributed by atoms with Gasteiger partial charge >= 0.3 is 0 Å². The Balaban J connectivity index is 1.55. The lowest BCUT2D eigenvalue weighted by molar-refractivity contribution is -0.121. The first kappa shape index (κ1) is 19.3. The van der Waals surface area contributed by atoms with Crippen LogP contribution >= 0.6 is 11.3 Å². The number of hydrogen-bond donors (Lipinski definition) is 1. The quantitative estimate of drug-likeness (QED) is 0.809. The Morgan fingerprint density at radius 1 is 1.22 bits per heavy atom. The largest absolute Gasteiger partial charge is 0.354 e. The van der Waals surface area contributed by atoms with E-state index < -0.39 is 0 Å². The SMILES string of the molecule is CN1CCN(c2ncccc2CNC(=O)CN(C)C(=O)c2cccs2)CC1. The summed E-state index contributed by atoms with van der Waals surface area (Å²) in [4.78, 5) is 35.7. The van der Waals surface area contributed by atoms with Crippen molar-refractivity contribution in [2.75, 3.05) is 51.7 Å². The van der Waals surface area contributed by atoms with Crippen LogP contribution in [0.25, 0.3) is 0 Å². The minimum absolute atomic E-state index is 0.0286. The van der Waals surface area contributed by atoms with E-state index in [1.54, 1.807) is 19.3 Å². The number of piperazine rings is 1. The second-order valence-corrected chi connectivity index (χ2v) is 7.64. The van der Waals surface area contributed by atoms with Crippen molar-refractivity contribution in [3.05, 3.63) is 46.3 Å². The Bertz CT molecular complexity index is 772. The molecule has 2 amide bonds. The summed E-state index contributed by atoms with van der Waals surface area (Å²) < 4.78 is 0. The molecule has 0 aliphatic carbocycles. The molecule has 1 N–H and O–H groups in total. The molecule has 144 valence electrons. The molecule has 7 nitrogen and oxygen atoms in total. The number of hydrogen-bond acceptors (Lipinski definition) is 6. The number of anilines is 1. The van der Waals surface area contributed by atoms with Gasteiger partial charge in [-0.3, -0.25) is 9.59 Å². The van der Waals surface area contributed by atoms with Crippen molar-refractivity contribution in [1.82, 2.24) is 20.1 Å². The number of nitrogens with zero attached hydrogens (tertiary/aromatic N) is 4. The predicted molar refractivity (Wildman–Crippen MR) is 107 cm³/mol. The van der Waals surface area contributed by atoms with Crippen molar-refractivity contribution in [2.24, 2.45) is 0 Å². The zero-order chi connectivity index (χ0) is 19.2. The number of thiophene rings is 1. The molecule has 1 saturated heterocycles. The van der Waals surface area contributed by atoms with E-state index in [-0.39, 0.29) is 18.4 Å². The first-order valence-electron chi connectivity index (χ1n) is 8.97. The maximum atomic E-state index is 12.3. The van der Waals surface area contributed by atoms with Crippen molar-refractivity contribution < 1.29 is 9.59 Å². The average molecular weight is 388 g/mol. The van der Waals surface area contributed by atoms with Crippen molar-refractivity contribution in [3.63, 3.8) is 0 Å². The molecule has 3 rings (SSSR count). The van der Waals surface area contributed by atoms with Gasteiger partial charge < -0.3 is 20.0 Å². The number of aromatic nitrogens is 1. The lowest BCUT2D eigenvalue weighted by atomic mass is 10.2. The van der Waals surface area contributed by atoms with Crippen molar-refractivity contribution >= 4 is 29.0 Å². The van der Waals surface area contributed by atoms with Gasteiger partial charge in [-0.05, 0) is 24.6 Å². The molecule has 2 aromatic rings. The van der Waals surface area contributed by atoms with Crippen LogP contribution in [-0.2, 0) is 11.3 Å². The highest BCUT2D eigenvalue weighted by Crippen LogP contribution is 2.18. The third kappa shape index (κ3) is 5.05. The van der Waals surface area contributed by atoms with Crippen molar-refractivity contribution in [3.8, 4) is 0 Å². The lowest BCUT2D eigenvalue weighted by Gasteiger charge is -2.34. The number of carbonyl (C=O) groups is 2. The first-order chi connectivity index (χ1) is 13.0. The first-order valence-corrected chi connectivity index (χ1v) is 9.85. The maximum Gasteiger partial charge on any atom is 0.264 e. The average Bonchev–Trinajstić information content (AvgIpc) is 3.21. The standard InChI is InChI=1S/C19H25N5O2S/c1-22-8-10-24(11-9-22)18-15(5-3-7-20-18)13-21-17(25)14-23(2)19(26)16-6-4-12-27-16/h3-7,12H,8-11,13-14H2,1-2H3,(H,21,25). The predicted octanol–water partition coefficient (Wildman–Crippen LogP) is 1.28. The zero-order valence-electron chi connectivity index (χ0n) is 15.7. The van der Waals surface area contributed by atoms with Gasteiger partial charge in [0.05, 0.1) is 11.4 Å². The molecule has 3 heterocycles. The molecular formula is C19H25N5O2S. The topological polar surface area (TPSA) is 68.8 Å². The number of pyridine rings is 1. The number of nitrogens with one attached hydrogen (secondary N) is 1. The Morgan fingerprint density at radius 2 is 2.00 bits per heavy atom. The molecule has 0 aromatic carbocycles. The van der Waals surface area contributed by atoms with Gasteiger partial charge in [-0.2, -0.15) is 0 Å². The number of likely N-dealkylation sites (N-methyl/N-ethyl adjacent to an activating group) is 2. The monoisotopic (exact) mass is 387 g/mol. The molecule has 0 unspecified atom stereocenters. The molecule has 0 saturated carbocycles. The van der Waals surface area contributed by atoms with E-state index in [0.29, 0.717) is 11.4 Å². The van der Waals surface area contributed by atoms with Gasteiger partial charge in [-0.25, -0.2) is 4.98 Å². The minimum Gasteiger partial charge on any atom is -0.354 e. The summed E-state index contributed by atoms with van der Waals surface area (Å²) in [7, 11) is 3.76. The molecular weight excluding hydrogens is 362 g/mol. The Hall–Kier alpha value is -2.45. The second kappa shape index (κ2) is 8.96. The summed E-state index contributed by atoms with van der Waals surface area (Å²) >= 11 is 1.37. The molecule has 0 radical (unpaired) electrons. The van der Waals surface area contributed by atoms with Crippen LogP contribution in [0.5, 0.6) is 0 Å². The summed E-state index contributed by atoms with van der Waals surface area (Å²) in [6.07, 6.45) is 1.78. The molecule has 2 aromatic heterocycles. The number of carbonyl (C=O) groups excluding carboxylic acids is 2. The van der Waals surface area contributed by atoms with Gasteiger partial charge in [-0.1, -0.05) is 12.1 Å². The van der Waals surface area contributed by atoms with E-state index in [0.717, 1.165) is 37.6 Å². The van der Waals surface area contributed by atoms with Gasteiger partial charge in [0.1, 0.15) is 5.82 Å². The van der Waals surface area contributed by atoms with E-state index in [4.69, 9.17) is 0 Å². The number of rotatable bonds is 6. The van der Waals surface area contributed by atoms with Gasteiger partial charge in [0.15, 0.2) is 0 Å². The van der Waals surface area contributed by atoms with Crippen LogP contribution < -0.4 is 10.2 Å². The summed E-state index contributed by atoms with van der Waals surface area (Å²) in [5.41, 5.74) is 0.989. The highest BCUT2D eigenvalue weighted by molar-refractivity contribution is 7.12. The van der Waals surface area contributed by atoms with Crippen molar-refractivity contribution in [1.29, 1.82) is 0 Å². The molecule has 1 aliphatic rings. The molecule has 1 aliphatic heterocycles. The van der Waals surface area contributed by atoms with Crippen LogP contribution in [0.15, 0.2) is 35.8 Å². The summed E-state index contributed by atoms with van der Waals surface area (Å²) in [5, 5.41) is 4.76. The van der Waals surface area contributed by atoms with E-state index in [1.807, 2.05) is 23.6 Å². The molecule has 0 bridgehead atoms. The van der Waals surface area contributed by atoms with E-state index in [1.165, 1.54) is 16.2 Å². The van der Waals surface area contributed by atoms with Gasteiger partial charge in [0.25, 0.3) is 5.91 Å². The Morgan fingerprint density at radius 3 is 2.70 bits per heavy atom. The summed E-state index contributed by atoms with van der Waals surface area (Å²) in [5.74, 6) is 0.601. The van der Waals surface area contributed by atoms with Crippen LogP contribution in [-0.4, -0.2) is 73.4 Å². The van der Waals surface area contributed by atoms with Gasteiger partial charge in [-0.15, -0.1) is 11.3 Å². The fourth-order valence-corrected chi connectivity index (χ4v) is 3.71. The molecule has 0 atom stereocenters.